The van der Waals surface area contributed by atoms with Crippen molar-refractivity contribution < 1.29 is 9.53 Å². The minimum Gasteiger partial charge on any atom is -0.383 e. The summed E-state index contributed by atoms with van der Waals surface area (Å²) in [4.78, 5) is 12.0. The number of amides is 1. The Hall–Kier alpha value is -0.180. The van der Waals surface area contributed by atoms with Crippen molar-refractivity contribution in [1.29, 1.82) is 0 Å². The number of carbonyl (C=O) groups excluding carboxylic acids is 1. The van der Waals surface area contributed by atoms with Gasteiger partial charge in [-0.3, -0.25) is 4.79 Å². The predicted molar refractivity (Wildman–Crippen MR) is 81.2 cm³/mol. The fourth-order valence-electron chi connectivity index (χ4n) is 2.25. The molecule has 1 atom stereocenters. The van der Waals surface area contributed by atoms with Gasteiger partial charge in [-0.2, -0.15) is 0 Å². The highest BCUT2D eigenvalue weighted by Gasteiger charge is 2.33. The Bertz CT molecular complexity index is 416. The van der Waals surface area contributed by atoms with Crippen molar-refractivity contribution in [3.05, 3.63) is 19.9 Å². The van der Waals surface area contributed by atoms with Crippen LogP contribution < -0.4 is 10.6 Å². The average molecular weight is 380 g/mol. The molecule has 1 fully saturated rings. The molecule has 1 saturated heterocycles. The Morgan fingerprint density at radius 2 is 2.56 bits per heavy atom. The molecule has 0 radical (unpaired) electrons. The molecule has 1 aliphatic rings. The van der Waals surface area contributed by atoms with E-state index in [1.165, 1.54) is 0 Å². The van der Waals surface area contributed by atoms with Gasteiger partial charge in [0.2, 0.25) is 0 Å². The number of halogens is 1. The number of hydrogen-bond acceptors (Lipinski definition) is 4. The van der Waals surface area contributed by atoms with Crippen LogP contribution >= 0.6 is 33.9 Å². The van der Waals surface area contributed by atoms with E-state index in [-0.39, 0.29) is 11.4 Å². The van der Waals surface area contributed by atoms with Gasteiger partial charge in [0.25, 0.3) is 5.91 Å². The number of nitrogens with one attached hydrogen (secondary N) is 2. The van der Waals surface area contributed by atoms with Gasteiger partial charge in [-0.25, -0.2) is 0 Å². The maximum absolute atomic E-state index is 12.0. The summed E-state index contributed by atoms with van der Waals surface area (Å²) < 4.78 is 6.39. The first-order valence-electron chi connectivity index (χ1n) is 5.91. The highest BCUT2D eigenvalue weighted by atomic mass is 127. The second kappa shape index (κ2) is 6.31. The van der Waals surface area contributed by atoms with E-state index in [2.05, 4.69) is 33.2 Å². The van der Waals surface area contributed by atoms with Crippen LogP contribution in [0.4, 0.5) is 0 Å². The molecule has 0 aliphatic carbocycles. The van der Waals surface area contributed by atoms with E-state index in [1.54, 1.807) is 18.4 Å². The number of rotatable bonds is 5. The Morgan fingerprint density at radius 1 is 1.72 bits per heavy atom. The van der Waals surface area contributed by atoms with Gasteiger partial charge >= 0.3 is 0 Å². The molecule has 100 valence electrons. The standard InChI is InChI=1S/C12H17IN2O2S/c1-17-8-12(3-2-4-15-12)7-14-11(16)9-5-10(13)18-6-9/h5-6,15H,2-4,7-8H2,1H3,(H,14,16). The molecule has 0 spiro atoms. The van der Waals surface area contributed by atoms with Gasteiger partial charge in [0.1, 0.15) is 0 Å². The summed E-state index contributed by atoms with van der Waals surface area (Å²) in [5.41, 5.74) is 0.656. The number of hydrogen-bond donors (Lipinski definition) is 2. The van der Waals surface area contributed by atoms with Crippen LogP contribution in [-0.4, -0.2) is 38.3 Å². The highest BCUT2D eigenvalue weighted by Crippen LogP contribution is 2.20. The maximum atomic E-state index is 12.0. The van der Waals surface area contributed by atoms with Crippen molar-refractivity contribution >= 4 is 39.8 Å². The lowest BCUT2D eigenvalue weighted by atomic mass is 9.98. The minimum atomic E-state index is -0.0897. The summed E-state index contributed by atoms with van der Waals surface area (Å²) in [6.07, 6.45) is 2.18. The SMILES string of the molecule is COCC1(CNC(=O)c2csc(I)c2)CCCN1. The lowest BCUT2D eigenvalue weighted by Gasteiger charge is -2.28. The molecule has 18 heavy (non-hydrogen) atoms. The van der Waals surface area contributed by atoms with E-state index in [1.807, 2.05) is 11.4 Å². The van der Waals surface area contributed by atoms with Gasteiger partial charge < -0.3 is 15.4 Å². The van der Waals surface area contributed by atoms with Gasteiger partial charge in [0.05, 0.1) is 20.6 Å². The van der Waals surface area contributed by atoms with Gasteiger partial charge in [-0.1, -0.05) is 0 Å². The summed E-state index contributed by atoms with van der Waals surface area (Å²) in [6.45, 7) is 2.25. The molecule has 1 amide bonds. The van der Waals surface area contributed by atoms with Gasteiger partial charge in [0, 0.05) is 19.0 Å². The average Bonchev–Trinajstić information content (AvgIpc) is 2.97. The number of thiophene rings is 1. The molecule has 0 saturated carbocycles. The van der Waals surface area contributed by atoms with Crippen LogP contribution in [0.3, 0.4) is 0 Å². The summed E-state index contributed by atoms with van der Waals surface area (Å²) in [5.74, 6) is -0.00153. The topological polar surface area (TPSA) is 50.4 Å². The summed E-state index contributed by atoms with van der Waals surface area (Å²) in [6, 6.07) is 1.91. The number of ether oxygens (including phenoxy) is 1. The van der Waals surface area contributed by atoms with Crippen molar-refractivity contribution in [3.63, 3.8) is 0 Å². The van der Waals surface area contributed by atoms with Gasteiger partial charge in [-0.05, 0) is 48.0 Å². The number of methoxy groups -OCH3 is 1. The van der Waals surface area contributed by atoms with Crippen molar-refractivity contribution in [2.24, 2.45) is 0 Å². The van der Waals surface area contributed by atoms with Crippen molar-refractivity contribution in [2.75, 3.05) is 26.8 Å². The normalized spacial score (nSPS) is 23.2. The van der Waals surface area contributed by atoms with E-state index in [9.17, 15) is 4.79 Å². The first-order chi connectivity index (χ1) is 8.65. The third-order valence-corrected chi connectivity index (χ3v) is 4.96. The Morgan fingerprint density at radius 3 is 3.11 bits per heavy atom. The minimum absolute atomic E-state index is 0.00153. The Labute approximate surface area is 125 Å². The molecule has 1 unspecified atom stereocenters. The molecule has 6 heteroatoms. The molecule has 2 heterocycles. The van der Waals surface area contributed by atoms with E-state index in [0.717, 1.165) is 27.8 Å². The zero-order valence-corrected chi connectivity index (χ0v) is 13.3. The summed E-state index contributed by atoms with van der Waals surface area (Å²) in [5, 5.41) is 8.34. The third-order valence-electron chi connectivity index (χ3n) is 3.17. The van der Waals surface area contributed by atoms with Crippen LogP contribution in [0.25, 0.3) is 0 Å². The summed E-state index contributed by atoms with van der Waals surface area (Å²) in [7, 11) is 1.70. The largest absolute Gasteiger partial charge is 0.383 e. The zero-order chi connectivity index (χ0) is 13.0. The molecular formula is C12H17IN2O2S. The van der Waals surface area contributed by atoms with Crippen LogP contribution in [0, 0.1) is 2.88 Å². The molecule has 0 bridgehead atoms. The van der Waals surface area contributed by atoms with Crippen LogP contribution in [0.1, 0.15) is 23.2 Å². The maximum Gasteiger partial charge on any atom is 0.252 e. The van der Waals surface area contributed by atoms with E-state index in [0.29, 0.717) is 13.2 Å². The molecule has 2 N–H and O–H groups in total. The van der Waals surface area contributed by atoms with Crippen LogP contribution in [0.15, 0.2) is 11.4 Å². The first kappa shape index (κ1) is 14.2. The fraction of sp³-hybridized carbons (Fsp3) is 0.583. The number of carbonyl (C=O) groups is 1. The van der Waals surface area contributed by atoms with Crippen LogP contribution in [-0.2, 0) is 4.74 Å². The molecular weight excluding hydrogens is 363 g/mol. The lowest BCUT2D eigenvalue weighted by Crippen LogP contribution is -2.52. The van der Waals surface area contributed by atoms with Crippen molar-refractivity contribution in [1.82, 2.24) is 10.6 Å². The fourth-order valence-corrected chi connectivity index (χ4v) is 3.58. The monoisotopic (exact) mass is 380 g/mol. The lowest BCUT2D eigenvalue weighted by molar-refractivity contribution is 0.0892. The Kier molecular flexibility index (Phi) is 4.99. The zero-order valence-electron chi connectivity index (χ0n) is 10.3. The second-order valence-electron chi connectivity index (χ2n) is 4.57. The molecule has 1 aromatic heterocycles. The third kappa shape index (κ3) is 3.43. The van der Waals surface area contributed by atoms with Gasteiger partial charge in [0.15, 0.2) is 0 Å². The van der Waals surface area contributed by atoms with E-state index < -0.39 is 0 Å². The molecule has 1 aromatic rings. The highest BCUT2D eigenvalue weighted by molar-refractivity contribution is 14.1. The molecule has 4 nitrogen and oxygen atoms in total. The second-order valence-corrected chi connectivity index (χ2v) is 7.37. The first-order valence-corrected chi connectivity index (χ1v) is 7.87. The molecule has 2 rings (SSSR count). The quantitative estimate of drug-likeness (QED) is 0.767. The van der Waals surface area contributed by atoms with Crippen LogP contribution in [0.5, 0.6) is 0 Å². The van der Waals surface area contributed by atoms with Gasteiger partial charge in [-0.15, -0.1) is 11.3 Å². The van der Waals surface area contributed by atoms with E-state index >= 15 is 0 Å². The molecule has 0 aromatic carbocycles. The molecule has 1 aliphatic heterocycles. The predicted octanol–water partition coefficient (Wildman–Crippen LogP) is 1.85. The van der Waals surface area contributed by atoms with E-state index in [4.69, 9.17) is 4.74 Å². The van der Waals surface area contributed by atoms with Crippen molar-refractivity contribution in [2.45, 2.75) is 18.4 Å². The Balaban J connectivity index is 1.91. The van der Waals surface area contributed by atoms with Crippen LogP contribution in [0.2, 0.25) is 0 Å². The van der Waals surface area contributed by atoms with Crippen molar-refractivity contribution in [3.8, 4) is 0 Å². The smallest absolute Gasteiger partial charge is 0.252 e. The summed E-state index contributed by atoms with van der Waals surface area (Å²) >= 11 is 3.81.